The second kappa shape index (κ2) is 6.62. The summed E-state index contributed by atoms with van der Waals surface area (Å²) in [6, 6.07) is 16.7. The van der Waals surface area contributed by atoms with Crippen molar-refractivity contribution in [3.05, 3.63) is 65.7 Å². The summed E-state index contributed by atoms with van der Waals surface area (Å²) in [5.74, 6) is -0.364. The molecule has 2 aromatic carbocycles. The lowest BCUT2D eigenvalue weighted by atomic mass is 9.83. The number of aliphatic hydroxyl groups is 1. The Labute approximate surface area is 130 Å². The van der Waals surface area contributed by atoms with Gasteiger partial charge in [0.25, 0.3) is 0 Å². The highest BCUT2D eigenvalue weighted by molar-refractivity contribution is 5.74. The first-order valence-electron chi connectivity index (χ1n) is 7.09. The van der Waals surface area contributed by atoms with Crippen molar-refractivity contribution in [1.29, 1.82) is 0 Å². The van der Waals surface area contributed by atoms with E-state index < -0.39 is 17.5 Å². The van der Waals surface area contributed by atoms with Gasteiger partial charge in [0.2, 0.25) is 0 Å². The van der Waals surface area contributed by atoms with E-state index in [9.17, 15) is 9.90 Å². The number of carboxylic acid groups (broad SMARTS) is 1. The van der Waals surface area contributed by atoms with Crippen LogP contribution in [0.1, 0.15) is 31.1 Å². The summed E-state index contributed by atoms with van der Waals surface area (Å²) >= 11 is 0. The van der Waals surface area contributed by atoms with E-state index in [-0.39, 0.29) is 0 Å². The SMILES string of the molecule is CC(C)(C(=O)O)[C@H](O)c1ccc(OCc2ccccc2)cc1. The minimum atomic E-state index is -1.24. The molecule has 0 aromatic heterocycles. The number of benzene rings is 2. The summed E-state index contributed by atoms with van der Waals surface area (Å²) in [4.78, 5) is 11.2. The standard InChI is InChI=1S/C18H20O4/c1-18(2,17(20)21)16(19)14-8-10-15(11-9-14)22-12-13-6-4-3-5-7-13/h3-11,16,19H,12H2,1-2H3,(H,20,21)/t16-/m1/s1. The highest BCUT2D eigenvalue weighted by Crippen LogP contribution is 2.34. The van der Waals surface area contributed by atoms with Crippen molar-refractivity contribution in [2.24, 2.45) is 5.41 Å². The van der Waals surface area contributed by atoms with Crippen molar-refractivity contribution < 1.29 is 19.7 Å². The van der Waals surface area contributed by atoms with Crippen LogP contribution in [-0.4, -0.2) is 16.2 Å². The predicted molar refractivity (Wildman–Crippen MR) is 83.6 cm³/mol. The summed E-state index contributed by atoms with van der Waals surface area (Å²) < 4.78 is 5.66. The van der Waals surface area contributed by atoms with Crippen molar-refractivity contribution >= 4 is 5.97 Å². The zero-order valence-corrected chi connectivity index (χ0v) is 12.7. The Morgan fingerprint density at radius 1 is 1.09 bits per heavy atom. The van der Waals surface area contributed by atoms with Gasteiger partial charge in [-0.3, -0.25) is 4.79 Å². The first-order valence-corrected chi connectivity index (χ1v) is 7.09. The van der Waals surface area contributed by atoms with Crippen molar-refractivity contribution in [1.82, 2.24) is 0 Å². The molecule has 0 fully saturated rings. The van der Waals surface area contributed by atoms with Crippen LogP contribution in [-0.2, 0) is 11.4 Å². The van der Waals surface area contributed by atoms with Crippen molar-refractivity contribution in [2.45, 2.75) is 26.6 Å². The number of carbonyl (C=O) groups is 1. The Kier molecular flexibility index (Phi) is 4.83. The molecule has 1 atom stereocenters. The van der Waals surface area contributed by atoms with Gasteiger partial charge in [-0.15, -0.1) is 0 Å². The average Bonchev–Trinajstić information content (AvgIpc) is 2.53. The molecule has 0 heterocycles. The van der Waals surface area contributed by atoms with Crippen LogP contribution in [0.5, 0.6) is 5.75 Å². The number of ether oxygens (including phenoxy) is 1. The second-order valence-corrected chi connectivity index (χ2v) is 5.77. The van der Waals surface area contributed by atoms with Crippen LogP contribution in [0.15, 0.2) is 54.6 Å². The number of hydrogen-bond donors (Lipinski definition) is 2. The minimum Gasteiger partial charge on any atom is -0.489 e. The molecule has 0 aliphatic carbocycles. The average molecular weight is 300 g/mol. The van der Waals surface area contributed by atoms with Crippen LogP contribution in [0.4, 0.5) is 0 Å². The molecule has 0 saturated heterocycles. The molecule has 0 aliphatic heterocycles. The Balaban J connectivity index is 2.03. The lowest BCUT2D eigenvalue weighted by Crippen LogP contribution is -2.31. The van der Waals surface area contributed by atoms with Gasteiger partial charge in [-0.1, -0.05) is 42.5 Å². The van der Waals surface area contributed by atoms with Gasteiger partial charge in [0, 0.05) is 0 Å². The number of aliphatic hydroxyl groups excluding tert-OH is 1. The zero-order chi connectivity index (χ0) is 16.2. The van der Waals surface area contributed by atoms with Crippen LogP contribution >= 0.6 is 0 Å². The van der Waals surface area contributed by atoms with Gasteiger partial charge in [-0.05, 0) is 37.1 Å². The Bertz CT molecular complexity index is 617. The van der Waals surface area contributed by atoms with Gasteiger partial charge in [0.05, 0.1) is 11.5 Å². The molecule has 0 spiro atoms. The quantitative estimate of drug-likeness (QED) is 0.858. The summed E-state index contributed by atoms with van der Waals surface area (Å²) in [6.07, 6.45) is -1.08. The zero-order valence-electron chi connectivity index (χ0n) is 12.7. The topological polar surface area (TPSA) is 66.8 Å². The molecule has 0 radical (unpaired) electrons. The number of hydrogen-bond acceptors (Lipinski definition) is 3. The predicted octanol–water partition coefficient (Wildman–Crippen LogP) is 3.41. The lowest BCUT2D eigenvalue weighted by Gasteiger charge is -2.26. The molecule has 4 nitrogen and oxygen atoms in total. The highest BCUT2D eigenvalue weighted by atomic mass is 16.5. The monoisotopic (exact) mass is 300 g/mol. The third kappa shape index (κ3) is 3.65. The van der Waals surface area contributed by atoms with Crippen LogP contribution in [0.2, 0.25) is 0 Å². The summed E-state index contributed by atoms with van der Waals surface area (Å²) in [5, 5.41) is 19.3. The third-order valence-corrected chi connectivity index (χ3v) is 3.68. The fourth-order valence-corrected chi connectivity index (χ4v) is 2.02. The van der Waals surface area contributed by atoms with Crippen LogP contribution in [0.25, 0.3) is 0 Å². The molecule has 2 rings (SSSR count). The van der Waals surface area contributed by atoms with Crippen molar-refractivity contribution in [2.75, 3.05) is 0 Å². The molecule has 0 amide bonds. The van der Waals surface area contributed by atoms with Crippen molar-refractivity contribution in [3.63, 3.8) is 0 Å². The highest BCUT2D eigenvalue weighted by Gasteiger charge is 2.36. The molecule has 2 aromatic rings. The minimum absolute atomic E-state index is 0.462. The number of carboxylic acids is 1. The first kappa shape index (κ1) is 16.0. The van der Waals surface area contributed by atoms with E-state index >= 15 is 0 Å². The summed E-state index contributed by atoms with van der Waals surface area (Å²) in [5.41, 5.74) is 0.380. The van der Waals surface area contributed by atoms with Crippen molar-refractivity contribution in [3.8, 4) is 5.75 Å². The maximum absolute atomic E-state index is 11.2. The summed E-state index contributed by atoms with van der Waals surface area (Å²) in [6.45, 7) is 3.46. The molecule has 4 heteroatoms. The van der Waals surface area contributed by atoms with Gasteiger partial charge in [-0.2, -0.15) is 0 Å². The van der Waals surface area contributed by atoms with Gasteiger partial charge < -0.3 is 14.9 Å². The van der Waals surface area contributed by atoms with E-state index in [1.807, 2.05) is 30.3 Å². The van der Waals surface area contributed by atoms with Crippen LogP contribution in [0, 0.1) is 5.41 Å². The summed E-state index contributed by atoms with van der Waals surface area (Å²) in [7, 11) is 0. The fraction of sp³-hybridized carbons (Fsp3) is 0.278. The largest absolute Gasteiger partial charge is 0.489 e. The van der Waals surface area contributed by atoms with E-state index in [1.54, 1.807) is 24.3 Å². The maximum Gasteiger partial charge on any atom is 0.312 e. The smallest absolute Gasteiger partial charge is 0.312 e. The number of aliphatic carboxylic acids is 1. The van der Waals surface area contributed by atoms with Gasteiger partial charge >= 0.3 is 5.97 Å². The molecular weight excluding hydrogens is 280 g/mol. The van der Waals surface area contributed by atoms with E-state index in [4.69, 9.17) is 9.84 Å². The molecular formula is C18H20O4. The first-order chi connectivity index (χ1) is 10.4. The van der Waals surface area contributed by atoms with Gasteiger partial charge in [-0.25, -0.2) is 0 Å². The molecule has 0 saturated carbocycles. The molecule has 116 valence electrons. The van der Waals surface area contributed by atoms with E-state index in [2.05, 4.69) is 0 Å². The van der Waals surface area contributed by atoms with Gasteiger partial charge in [0.1, 0.15) is 12.4 Å². The Hall–Kier alpha value is -2.33. The molecule has 0 aliphatic rings. The molecule has 2 N–H and O–H groups in total. The van der Waals surface area contributed by atoms with E-state index in [0.29, 0.717) is 17.9 Å². The third-order valence-electron chi connectivity index (χ3n) is 3.68. The van der Waals surface area contributed by atoms with Crippen LogP contribution in [0.3, 0.4) is 0 Å². The Morgan fingerprint density at radius 2 is 1.68 bits per heavy atom. The normalized spacial score (nSPS) is 12.7. The van der Waals surface area contributed by atoms with Gasteiger partial charge in [0.15, 0.2) is 0 Å². The molecule has 22 heavy (non-hydrogen) atoms. The maximum atomic E-state index is 11.2. The van der Waals surface area contributed by atoms with E-state index in [1.165, 1.54) is 13.8 Å². The fourth-order valence-electron chi connectivity index (χ4n) is 2.02. The van der Waals surface area contributed by atoms with E-state index in [0.717, 1.165) is 5.56 Å². The lowest BCUT2D eigenvalue weighted by molar-refractivity contribution is -0.153. The molecule has 0 unspecified atom stereocenters. The Morgan fingerprint density at radius 3 is 2.23 bits per heavy atom. The van der Waals surface area contributed by atoms with Crippen LogP contribution < -0.4 is 4.74 Å². The number of rotatable bonds is 6. The molecule has 0 bridgehead atoms. The second-order valence-electron chi connectivity index (χ2n) is 5.77.